The average molecular weight is 373 g/mol. The molecule has 0 atom stereocenters. The van der Waals surface area contributed by atoms with E-state index in [9.17, 15) is 4.79 Å². The molecule has 0 aliphatic heterocycles. The fraction of sp³-hybridized carbons (Fsp3) is 0.545. The van der Waals surface area contributed by atoms with Crippen molar-refractivity contribution >= 4 is 5.91 Å². The third kappa shape index (κ3) is 5.59. The molecule has 2 aromatic rings. The summed E-state index contributed by atoms with van der Waals surface area (Å²) in [6, 6.07) is 4.08. The van der Waals surface area contributed by atoms with Gasteiger partial charge in [0.25, 0.3) is 5.91 Å². The van der Waals surface area contributed by atoms with Crippen molar-refractivity contribution in [1.82, 2.24) is 10.3 Å². The van der Waals surface area contributed by atoms with E-state index in [1.807, 2.05) is 33.8 Å². The summed E-state index contributed by atoms with van der Waals surface area (Å²) in [6.07, 6.45) is 1.56. The number of ether oxygens (including phenoxy) is 1. The van der Waals surface area contributed by atoms with E-state index < -0.39 is 0 Å². The highest BCUT2D eigenvalue weighted by Crippen LogP contribution is 2.26. The largest absolute Gasteiger partial charge is 0.483 e. The topological polar surface area (TPSA) is 64.4 Å². The smallest absolute Gasteiger partial charge is 0.257 e. The molecule has 5 nitrogen and oxygen atoms in total. The van der Waals surface area contributed by atoms with Gasteiger partial charge in [-0.2, -0.15) is 0 Å². The summed E-state index contributed by atoms with van der Waals surface area (Å²) in [4.78, 5) is 16.6. The number of amides is 1. The summed E-state index contributed by atoms with van der Waals surface area (Å²) < 4.78 is 11.6. The summed E-state index contributed by atoms with van der Waals surface area (Å²) in [7, 11) is 0. The number of aryl methyl sites for hydroxylation is 4. The Morgan fingerprint density at radius 3 is 2.44 bits per heavy atom. The predicted molar refractivity (Wildman–Crippen MR) is 107 cm³/mol. The zero-order valence-electron chi connectivity index (χ0n) is 17.7. The monoisotopic (exact) mass is 372 g/mol. The fourth-order valence-corrected chi connectivity index (χ4v) is 2.79. The maximum absolute atomic E-state index is 12.1. The van der Waals surface area contributed by atoms with E-state index in [1.54, 1.807) is 0 Å². The summed E-state index contributed by atoms with van der Waals surface area (Å²) in [5.74, 6) is 2.35. The van der Waals surface area contributed by atoms with E-state index in [0.29, 0.717) is 6.54 Å². The molecule has 1 aromatic heterocycles. The van der Waals surface area contributed by atoms with E-state index in [0.717, 1.165) is 52.6 Å². The molecule has 0 aliphatic rings. The molecule has 148 valence electrons. The Bertz CT molecular complexity index is 801. The van der Waals surface area contributed by atoms with Crippen LogP contribution in [0.5, 0.6) is 5.75 Å². The van der Waals surface area contributed by atoms with Gasteiger partial charge in [-0.05, 0) is 50.8 Å². The van der Waals surface area contributed by atoms with Crippen molar-refractivity contribution in [1.29, 1.82) is 0 Å². The van der Waals surface area contributed by atoms with Gasteiger partial charge >= 0.3 is 0 Å². The molecule has 5 heteroatoms. The Morgan fingerprint density at radius 2 is 1.81 bits per heavy atom. The maximum Gasteiger partial charge on any atom is 0.257 e. The fourth-order valence-electron chi connectivity index (χ4n) is 2.79. The maximum atomic E-state index is 12.1. The molecular formula is C22H32N2O3. The van der Waals surface area contributed by atoms with Crippen LogP contribution in [0.2, 0.25) is 0 Å². The number of benzene rings is 1. The molecule has 2 rings (SSSR count). The summed E-state index contributed by atoms with van der Waals surface area (Å²) in [5.41, 5.74) is 4.12. The van der Waals surface area contributed by atoms with Crippen LogP contribution in [0.4, 0.5) is 0 Å². The van der Waals surface area contributed by atoms with E-state index in [-0.39, 0.29) is 17.9 Å². The third-order valence-corrected chi connectivity index (χ3v) is 4.66. The molecule has 1 N–H and O–H groups in total. The van der Waals surface area contributed by atoms with Crippen LogP contribution < -0.4 is 10.1 Å². The first-order valence-corrected chi connectivity index (χ1v) is 9.52. The summed E-state index contributed by atoms with van der Waals surface area (Å²) in [5, 5.41) is 2.91. The van der Waals surface area contributed by atoms with Gasteiger partial charge in [-0.25, -0.2) is 4.98 Å². The SMILES string of the molecule is Cc1ccc(C)c(OCC(=O)NCCCc2oc(C(C)(C)C)nc2C)c1C. The molecule has 0 fully saturated rings. The van der Waals surface area contributed by atoms with Crippen molar-refractivity contribution in [2.24, 2.45) is 0 Å². The molecule has 1 aromatic carbocycles. The van der Waals surface area contributed by atoms with Crippen molar-refractivity contribution in [3.05, 3.63) is 46.2 Å². The molecule has 0 saturated carbocycles. The second-order valence-corrected chi connectivity index (χ2v) is 8.17. The summed E-state index contributed by atoms with van der Waals surface area (Å²) >= 11 is 0. The lowest BCUT2D eigenvalue weighted by Gasteiger charge is -2.14. The number of carbonyl (C=O) groups is 1. The van der Waals surface area contributed by atoms with Crippen molar-refractivity contribution < 1.29 is 13.9 Å². The number of nitrogens with zero attached hydrogens (tertiary/aromatic N) is 1. The Balaban J connectivity index is 1.77. The molecule has 0 saturated heterocycles. The van der Waals surface area contributed by atoms with E-state index >= 15 is 0 Å². The second-order valence-electron chi connectivity index (χ2n) is 8.17. The molecule has 0 spiro atoms. The Kier molecular flexibility index (Phi) is 6.68. The lowest BCUT2D eigenvalue weighted by molar-refractivity contribution is -0.123. The zero-order chi connectivity index (χ0) is 20.2. The minimum Gasteiger partial charge on any atom is -0.483 e. The van der Waals surface area contributed by atoms with Gasteiger partial charge in [0.05, 0.1) is 5.69 Å². The number of hydrogen-bond acceptors (Lipinski definition) is 4. The molecule has 0 aliphatic carbocycles. The quantitative estimate of drug-likeness (QED) is 0.735. The van der Waals surface area contributed by atoms with Crippen LogP contribution in [0, 0.1) is 27.7 Å². The van der Waals surface area contributed by atoms with Crippen molar-refractivity contribution in [2.45, 2.75) is 66.7 Å². The van der Waals surface area contributed by atoms with Gasteiger partial charge in [0.1, 0.15) is 11.5 Å². The number of rotatable bonds is 7. The van der Waals surface area contributed by atoms with Gasteiger partial charge in [0.2, 0.25) is 0 Å². The molecule has 0 unspecified atom stereocenters. The van der Waals surface area contributed by atoms with Crippen molar-refractivity contribution in [3.8, 4) is 5.75 Å². The number of oxazole rings is 1. The van der Waals surface area contributed by atoms with Gasteiger partial charge in [-0.3, -0.25) is 4.79 Å². The number of aromatic nitrogens is 1. The van der Waals surface area contributed by atoms with E-state index in [4.69, 9.17) is 9.15 Å². The first-order chi connectivity index (χ1) is 12.6. The highest BCUT2D eigenvalue weighted by atomic mass is 16.5. The molecule has 1 heterocycles. The molecule has 0 bridgehead atoms. The summed E-state index contributed by atoms with van der Waals surface area (Å²) in [6.45, 7) is 14.9. The molecule has 27 heavy (non-hydrogen) atoms. The Labute approximate surface area is 162 Å². The van der Waals surface area contributed by atoms with Gasteiger partial charge < -0.3 is 14.5 Å². The normalized spacial score (nSPS) is 11.5. The number of hydrogen-bond donors (Lipinski definition) is 1. The first kappa shape index (κ1) is 21.0. The lowest BCUT2D eigenvalue weighted by atomic mass is 9.97. The highest BCUT2D eigenvalue weighted by Gasteiger charge is 2.22. The van der Waals surface area contributed by atoms with Crippen LogP contribution in [0.3, 0.4) is 0 Å². The second kappa shape index (κ2) is 8.59. The number of nitrogens with one attached hydrogen (secondary N) is 1. The van der Waals surface area contributed by atoms with E-state index in [1.165, 1.54) is 0 Å². The van der Waals surface area contributed by atoms with Crippen LogP contribution >= 0.6 is 0 Å². The number of carbonyl (C=O) groups excluding carboxylic acids is 1. The Morgan fingerprint density at radius 1 is 1.15 bits per heavy atom. The van der Waals surface area contributed by atoms with Gasteiger partial charge in [-0.1, -0.05) is 32.9 Å². The van der Waals surface area contributed by atoms with Crippen molar-refractivity contribution in [2.75, 3.05) is 13.2 Å². The average Bonchev–Trinajstić information content (AvgIpc) is 2.96. The van der Waals surface area contributed by atoms with Gasteiger partial charge in [-0.15, -0.1) is 0 Å². The lowest BCUT2D eigenvalue weighted by Crippen LogP contribution is -2.30. The minimum absolute atomic E-state index is 0.0284. The highest BCUT2D eigenvalue weighted by molar-refractivity contribution is 5.77. The minimum atomic E-state index is -0.111. The standard InChI is InChI=1S/C22H32N2O3/c1-14-10-11-15(2)20(16(14)3)26-13-19(25)23-12-8-9-18-17(4)24-21(27-18)22(5,6)7/h10-11H,8-9,12-13H2,1-7H3,(H,23,25). The van der Waals surface area contributed by atoms with Crippen molar-refractivity contribution in [3.63, 3.8) is 0 Å². The van der Waals surface area contributed by atoms with Crippen LogP contribution in [0.1, 0.15) is 61.2 Å². The molecular weight excluding hydrogens is 340 g/mol. The van der Waals surface area contributed by atoms with Gasteiger partial charge in [0, 0.05) is 18.4 Å². The van der Waals surface area contributed by atoms with Crippen LogP contribution in [0.15, 0.2) is 16.5 Å². The van der Waals surface area contributed by atoms with E-state index in [2.05, 4.69) is 37.1 Å². The third-order valence-electron chi connectivity index (χ3n) is 4.66. The van der Waals surface area contributed by atoms with Crippen LogP contribution in [0.25, 0.3) is 0 Å². The zero-order valence-corrected chi connectivity index (χ0v) is 17.7. The molecule has 0 radical (unpaired) electrons. The first-order valence-electron chi connectivity index (χ1n) is 9.52. The molecule has 1 amide bonds. The Hall–Kier alpha value is -2.30. The van der Waals surface area contributed by atoms with Crippen LogP contribution in [-0.4, -0.2) is 24.0 Å². The van der Waals surface area contributed by atoms with Crippen LogP contribution in [-0.2, 0) is 16.6 Å². The predicted octanol–water partition coefficient (Wildman–Crippen LogP) is 4.33. The van der Waals surface area contributed by atoms with Gasteiger partial charge in [0.15, 0.2) is 12.5 Å².